The molecule has 4 aromatic rings. The van der Waals surface area contributed by atoms with Gasteiger partial charge in [-0.15, -0.1) is 0 Å². The Labute approximate surface area is 171 Å². The first-order valence-corrected chi connectivity index (χ1v) is 9.84. The number of nitrogens with zero attached hydrogens (tertiary/aromatic N) is 3. The third-order valence-corrected chi connectivity index (χ3v) is 5.07. The standard InChI is InChI=1S/C24H26N4O/c1-26(2)15-16-27-14-12-20-17-21(10-11-22(20)27)25-24(29)23-9-6-13-28(23)18-19-7-4-3-5-8-19/h3-14,17H,15-16,18H2,1-2H3,(H,25,29). The fourth-order valence-corrected chi connectivity index (χ4v) is 3.51. The van der Waals surface area contributed by atoms with Crippen LogP contribution in [0.4, 0.5) is 5.69 Å². The van der Waals surface area contributed by atoms with Gasteiger partial charge in [-0.1, -0.05) is 30.3 Å². The van der Waals surface area contributed by atoms with Crippen LogP contribution < -0.4 is 5.32 Å². The van der Waals surface area contributed by atoms with Crippen LogP contribution >= 0.6 is 0 Å². The molecule has 0 spiro atoms. The molecule has 0 unspecified atom stereocenters. The Morgan fingerprint density at radius 2 is 1.76 bits per heavy atom. The molecule has 0 atom stereocenters. The van der Waals surface area contributed by atoms with Gasteiger partial charge in [0.25, 0.3) is 5.91 Å². The van der Waals surface area contributed by atoms with Gasteiger partial charge in [-0.25, -0.2) is 0 Å². The van der Waals surface area contributed by atoms with Crippen molar-refractivity contribution in [2.24, 2.45) is 0 Å². The predicted octanol–water partition coefficient (Wildman–Crippen LogP) is 4.31. The average molecular weight is 386 g/mol. The second kappa shape index (κ2) is 8.37. The average Bonchev–Trinajstić information content (AvgIpc) is 3.33. The summed E-state index contributed by atoms with van der Waals surface area (Å²) < 4.78 is 4.22. The molecule has 0 saturated carbocycles. The van der Waals surface area contributed by atoms with Gasteiger partial charge >= 0.3 is 0 Å². The molecule has 4 rings (SSSR count). The maximum atomic E-state index is 12.9. The van der Waals surface area contributed by atoms with Crippen LogP contribution in [0.5, 0.6) is 0 Å². The van der Waals surface area contributed by atoms with E-state index in [1.54, 1.807) is 0 Å². The van der Waals surface area contributed by atoms with Crippen molar-refractivity contribution in [2.75, 3.05) is 26.0 Å². The molecule has 0 fully saturated rings. The fourth-order valence-electron chi connectivity index (χ4n) is 3.51. The Bertz CT molecular complexity index is 1110. The summed E-state index contributed by atoms with van der Waals surface area (Å²) in [5, 5.41) is 4.17. The van der Waals surface area contributed by atoms with Crippen molar-refractivity contribution in [3.8, 4) is 0 Å². The molecular weight excluding hydrogens is 360 g/mol. The molecule has 2 aromatic carbocycles. The van der Waals surface area contributed by atoms with Crippen molar-refractivity contribution in [3.63, 3.8) is 0 Å². The van der Waals surface area contributed by atoms with Gasteiger partial charge in [0.1, 0.15) is 5.69 Å². The van der Waals surface area contributed by atoms with E-state index >= 15 is 0 Å². The SMILES string of the molecule is CN(C)CCn1ccc2cc(NC(=O)c3cccn3Cc3ccccc3)ccc21. The van der Waals surface area contributed by atoms with Crippen LogP contribution in [0.2, 0.25) is 0 Å². The first-order chi connectivity index (χ1) is 14.1. The summed E-state index contributed by atoms with van der Waals surface area (Å²) in [6, 6.07) is 22.1. The lowest BCUT2D eigenvalue weighted by molar-refractivity contribution is 0.101. The number of aromatic nitrogens is 2. The number of likely N-dealkylation sites (N-methyl/N-ethyl adjacent to an activating group) is 1. The highest BCUT2D eigenvalue weighted by molar-refractivity contribution is 6.04. The fraction of sp³-hybridized carbons (Fsp3) is 0.208. The number of hydrogen-bond acceptors (Lipinski definition) is 2. The van der Waals surface area contributed by atoms with Crippen molar-refractivity contribution in [3.05, 3.63) is 90.4 Å². The van der Waals surface area contributed by atoms with E-state index in [-0.39, 0.29) is 5.91 Å². The molecule has 0 aliphatic carbocycles. The first kappa shape index (κ1) is 19.0. The van der Waals surface area contributed by atoms with E-state index in [1.807, 2.05) is 53.2 Å². The molecule has 148 valence electrons. The number of nitrogens with one attached hydrogen (secondary N) is 1. The molecule has 0 aliphatic heterocycles. The van der Waals surface area contributed by atoms with Crippen LogP contribution in [0.1, 0.15) is 16.1 Å². The summed E-state index contributed by atoms with van der Waals surface area (Å²) in [6.45, 7) is 2.60. The Morgan fingerprint density at radius 1 is 0.931 bits per heavy atom. The summed E-state index contributed by atoms with van der Waals surface area (Å²) >= 11 is 0. The summed E-state index contributed by atoms with van der Waals surface area (Å²) in [7, 11) is 4.15. The quantitative estimate of drug-likeness (QED) is 0.514. The third-order valence-electron chi connectivity index (χ3n) is 5.07. The number of benzene rings is 2. The highest BCUT2D eigenvalue weighted by Crippen LogP contribution is 2.21. The lowest BCUT2D eigenvalue weighted by Crippen LogP contribution is -2.18. The normalized spacial score (nSPS) is 11.3. The zero-order valence-corrected chi connectivity index (χ0v) is 16.9. The Morgan fingerprint density at radius 3 is 2.55 bits per heavy atom. The Hall–Kier alpha value is -3.31. The largest absolute Gasteiger partial charge is 0.346 e. The number of carbonyl (C=O) groups is 1. The maximum absolute atomic E-state index is 12.9. The number of carbonyl (C=O) groups excluding carboxylic acids is 1. The van der Waals surface area contributed by atoms with Crippen molar-refractivity contribution in [2.45, 2.75) is 13.1 Å². The van der Waals surface area contributed by atoms with E-state index < -0.39 is 0 Å². The molecule has 0 aliphatic rings. The van der Waals surface area contributed by atoms with Crippen molar-refractivity contribution < 1.29 is 4.79 Å². The number of fused-ring (bicyclic) bond motifs is 1. The summed E-state index contributed by atoms with van der Waals surface area (Å²) in [5.74, 6) is -0.0997. The number of anilines is 1. The van der Waals surface area contributed by atoms with Crippen LogP contribution in [0, 0.1) is 0 Å². The predicted molar refractivity (Wildman–Crippen MR) is 118 cm³/mol. The van der Waals surface area contributed by atoms with Gasteiger partial charge < -0.3 is 19.4 Å². The third kappa shape index (κ3) is 4.41. The molecule has 5 heteroatoms. The van der Waals surface area contributed by atoms with Crippen molar-refractivity contribution >= 4 is 22.5 Å². The van der Waals surface area contributed by atoms with Crippen LogP contribution in [-0.4, -0.2) is 40.6 Å². The van der Waals surface area contributed by atoms with Crippen LogP contribution in [0.3, 0.4) is 0 Å². The monoisotopic (exact) mass is 386 g/mol. The van der Waals surface area contributed by atoms with Gasteiger partial charge in [-0.2, -0.15) is 0 Å². The molecule has 1 amide bonds. The van der Waals surface area contributed by atoms with Crippen molar-refractivity contribution in [1.29, 1.82) is 0 Å². The molecule has 1 N–H and O–H groups in total. The topological polar surface area (TPSA) is 42.2 Å². The smallest absolute Gasteiger partial charge is 0.272 e. The van der Waals surface area contributed by atoms with Gasteiger partial charge in [0.15, 0.2) is 0 Å². The van der Waals surface area contributed by atoms with E-state index in [0.717, 1.165) is 24.2 Å². The molecule has 5 nitrogen and oxygen atoms in total. The minimum Gasteiger partial charge on any atom is -0.346 e. The molecule has 29 heavy (non-hydrogen) atoms. The minimum absolute atomic E-state index is 0.0997. The molecule has 0 bridgehead atoms. The molecule has 0 saturated heterocycles. The van der Waals surface area contributed by atoms with Crippen LogP contribution in [0.25, 0.3) is 10.9 Å². The first-order valence-electron chi connectivity index (χ1n) is 9.84. The van der Waals surface area contributed by atoms with Crippen molar-refractivity contribution in [1.82, 2.24) is 14.0 Å². The molecule has 2 aromatic heterocycles. The number of hydrogen-bond donors (Lipinski definition) is 1. The zero-order chi connectivity index (χ0) is 20.2. The summed E-state index contributed by atoms with van der Waals surface area (Å²) in [6.07, 6.45) is 4.04. The van der Waals surface area contributed by atoms with Gasteiger partial charge in [0, 0.05) is 48.6 Å². The van der Waals surface area contributed by atoms with E-state index in [0.29, 0.717) is 12.2 Å². The molecule has 2 heterocycles. The molecular formula is C24H26N4O. The number of rotatable bonds is 7. The van der Waals surface area contributed by atoms with Crippen LogP contribution in [0.15, 0.2) is 79.1 Å². The maximum Gasteiger partial charge on any atom is 0.272 e. The summed E-state index contributed by atoms with van der Waals surface area (Å²) in [4.78, 5) is 15.0. The van der Waals surface area contributed by atoms with E-state index in [2.05, 4.69) is 59.3 Å². The number of amides is 1. The van der Waals surface area contributed by atoms with E-state index in [4.69, 9.17) is 0 Å². The Kier molecular flexibility index (Phi) is 5.49. The Balaban J connectivity index is 1.49. The second-order valence-corrected chi connectivity index (χ2v) is 7.55. The van der Waals surface area contributed by atoms with Gasteiger partial charge in [0.2, 0.25) is 0 Å². The highest BCUT2D eigenvalue weighted by atomic mass is 16.1. The minimum atomic E-state index is -0.0997. The molecule has 0 radical (unpaired) electrons. The van der Waals surface area contributed by atoms with Crippen LogP contribution in [-0.2, 0) is 13.1 Å². The second-order valence-electron chi connectivity index (χ2n) is 7.55. The lowest BCUT2D eigenvalue weighted by atomic mass is 10.2. The lowest BCUT2D eigenvalue weighted by Gasteiger charge is -2.12. The summed E-state index contributed by atoms with van der Waals surface area (Å²) in [5.41, 5.74) is 3.80. The van der Waals surface area contributed by atoms with E-state index in [1.165, 1.54) is 11.1 Å². The van der Waals surface area contributed by atoms with Gasteiger partial charge in [-0.3, -0.25) is 4.79 Å². The zero-order valence-electron chi connectivity index (χ0n) is 16.9. The van der Waals surface area contributed by atoms with E-state index in [9.17, 15) is 4.79 Å². The van der Waals surface area contributed by atoms with Gasteiger partial charge in [0.05, 0.1) is 0 Å². The van der Waals surface area contributed by atoms with Gasteiger partial charge in [-0.05, 0) is 56.1 Å². The highest BCUT2D eigenvalue weighted by Gasteiger charge is 2.12.